The van der Waals surface area contributed by atoms with E-state index in [1.807, 2.05) is 36.1 Å². The van der Waals surface area contributed by atoms with Gasteiger partial charge in [-0.25, -0.2) is 14.8 Å². The van der Waals surface area contributed by atoms with E-state index in [9.17, 15) is 14.4 Å². The Labute approximate surface area is 236 Å². The van der Waals surface area contributed by atoms with Crippen molar-refractivity contribution in [3.63, 3.8) is 0 Å². The number of hydrogen-bond donors (Lipinski definition) is 2. The van der Waals surface area contributed by atoms with E-state index < -0.39 is 12.0 Å². The third-order valence-electron chi connectivity index (χ3n) is 6.94. The molecule has 0 radical (unpaired) electrons. The van der Waals surface area contributed by atoms with Crippen LogP contribution in [0.2, 0.25) is 0 Å². The van der Waals surface area contributed by atoms with E-state index in [0.717, 1.165) is 61.2 Å². The summed E-state index contributed by atoms with van der Waals surface area (Å²) in [4.78, 5) is 51.2. The summed E-state index contributed by atoms with van der Waals surface area (Å²) in [5, 5.41) is 9.41. The molecule has 4 heterocycles. The minimum atomic E-state index is -0.673. The maximum absolute atomic E-state index is 13.6. The fourth-order valence-corrected chi connectivity index (χ4v) is 5.64. The van der Waals surface area contributed by atoms with Crippen molar-refractivity contribution in [2.24, 2.45) is 4.99 Å². The summed E-state index contributed by atoms with van der Waals surface area (Å²) in [7, 11) is 0. The Kier molecular flexibility index (Phi) is 8.63. The molecule has 40 heavy (non-hydrogen) atoms. The zero-order valence-corrected chi connectivity index (χ0v) is 23.6. The normalized spacial score (nSPS) is 18.2. The minimum Gasteiger partial charge on any atom is -0.461 e. The molecule has 0 saturated carbocycles. The van der Waals surface area contributed by atoms with E-state index in [1.54, 1.807) is 17.2 Å². The molecule has 1 unspecified atom stereocenters. The van der Waals surface area contributed by atoms with Crippen molar-refractivity contribution in [1.29, 1.82) is 0 Å². The van der Waals surface area contributed by atoms with Crippen LogP contribution in [0.4, 0.5) is 10.8 Å². The Morgan fingerprint density at radius 3 is 2.75 bits per heavy atom. The maximum atomic E-state index is 13.6. The van der Waals surface area contributed by atoms with Crippen LogP contribution < -0.4 is 10.6 Å². The van der Waals surface area contributed by atoms with Crippen molar-refractivity contribution < 1.29 is 23.5 Å². The lowest BCUT2D eigenvalue weighted by Gasteiger charge is -2.25. The molecule has 2 saturated heterocycles. The van der Waals surface area contributed by atoms with Crippen LogP contribution >= 0.6 is 11.3 Å². The number of anilines is 2. The first kappa shape index (κ1) is 27.6. The maximum Gasteiger partial charge on any atom is 0.357 e. The SMILES string of the molecule is CCOC(=O)c1csc(NC(=NC2CCCCN(CC(=O)N3CCCC3)C2=O)Nc2ccc3oc(C)cc3c2)n1. The number of rotatable bonds is 7. The number of furan rings is 1. The van der Waals surface area contributed by atoms with Gasteiger partial charge in [0.25, 0.3) is 0 Å². The summed E-state index contributed by atoms with van der Waals surface area (Å²) in [6.45, 7) is 6.00. The first-order valence-electron chi connectivity index (χ1n) is 13.7. The summed E-state index contributed by atoms with van der Waals surface area (Å²) in [6, 6.07) is 6.94. The van der Waals surface area contributed by atoms with E-state index in [2.05, 4.69) is 15.6 Å². The van der Waals surface area contributed by atoms with Gasteiger partial charge in [-0.2, -0.15) is 0 Å². The summed E-state index contributed by atoms with van der Waals surface area (Å²) in [6.07, 6.45) is 4.20. The summed E-state index contributed by atoms with van der Waals surface area (Å²) < 4.78 is 10.7. The third kappa shape index (κ3) is 6.61. The van der Waals surface area contributed by atoms with Crippen molar-refractivity contribution in [1.82, 2.24) is 14.8 Å². The molecule has 2 aliphatic heterocycles. The Hall–Kier alpha value is -3.93. The average molecular weight is 567 g/mol. The molecule has 0 spiro atoms. The summed E-state index contributed by atoms with van der Waals surface area (Å²) in [5.41, 5.74) is 1.70. The van der Waals surface area contributed by atoms with Crippen LogP contribution in [0.15, 0.2) is 39.1 Å². The number of aliphatic imine (C=N–C) groups is 1. The molecule has 2 fully saturated rings. The minimum absolute atomic E-state index is 0.00931. The molecule has 11 nitrogen and oxygen atoms in total. The van der Waals surface area contributed by atoms with Crippen LogP contribution in [0.25, 0.3) is 11.0 Å². The predicted molar refractivity (Wildman–Crippen MR) is 154 cm³/mol. The number of nitrogens with zero attached hydrogens (tertiary/aromatic N) is 4. The summed E-state index contributed by atoms with van der Waals surface area (Å²) in [5.74, 6) is 0.441. The van der Waals surface area contributed by atoms with Gasteiger partial charge < -0.3 is 29.6 Å². The number of likely N-dealkylation sites (tertiary alicyclic amines) is 2. The Morgan fingerprint density at radius 2 is 1.95 bits per heavy atom. The molecule has 1 aromatic carbocycles. The van der Waals surface area contributed by atoms with Gasteiger partial charge in [-0.05, 0) is 70.2 Å². The number of aryl methyl sites for hydroxylation is 1. The number of hydrogen-bond acceptors (Lipinski definition) is 8. The number of carbonyl (C=O) groups is 3. The smallest absolute Gasteiger partial charge is 0.357 e. The van der Waals surface area contributed by atoms with E-state index >= 15 is 0 Å². The van der Waals surface area contributed by atoms with Crippen molar-refractivity contribution in [2.75, 3.05) is 43.4 Å². The van der Waals surface area contributed by atoms with Gasteiger partial charge in [0.15, 0.2) is 10.8 Å². The number of esters is 1. The Bertz CT molecular complexity index is 1410. The number of thiazole rings is 1. The second kappa shape index (κ2) is 12.5. The number of benzene rings is 1. The molecule has 5 rings (SSSR count). The highest BCUT2D eigenvalue weighted by atomic mass is 32.1. The number of fused-ring (bicyclic) bond motifs is 1. The first-order valence-corrected chi connectivity index (χ1v) is 14.6. The van der Waals surface area contributed by atoms with Gasteiger partial charge >= 0.3 is 5.97 Å². The highest BCUT2D eigenvalue weighted by Crippen LogP contribution is 2.24. The first-order chi connectivity index (χ1) is 19.4. The van der Waals surface area contributed by atoms with Crippen LogP contribution in [-0.4, -0.2) is 77.4 Å². The topological polar surface area (TPSA) is 129 Å². The van der Waals surface area contributed by atoms with Gasteiger partial charge in [0.2, 0.25) is 17.8 Å². The standard InChI is InChI=1S/C28H34N6O5S/c1-3-38-26(37)22-17-40-28(31-22)32-27(29-20-9-10-23-19(15-20)14-18(2)39-23)30-21-8-4-5-13-34(25(21)36)16-24(35)33-11-6-7-12-33/h9-10,14-15,17,21H,3-8,11-13,16H2,1-2H3,(H2,29,30,31,32). The van der Waals surface area contributed by atoms with Crippen LogP contribution in [0.3, 0.4) is 0 Å². The lowest BCUT2D eigenvalue weighted by Crippen LogP contribution is -2.45. The Morgan fingerprint density at radius 1 is 1.15 bits per heavy atom. The van der Waals surface area contributed by atoms with Gasteiger partial charge in [-0.15, -0.1) is 11.3 Å². The largest absolute Gasteiger partial charge is 0.461 e. The number of nitrogens with one attached hydrogen (secondary N) is 2. The van der Waals surface area contributed by atoms with Gasteiger partial charge in [0, 0.05) is 36.1 Å². The van der Waals surface area contributed by atoms with Crippen LogP contribution in [0.1, 0.15) is 55.3 Å². The number of aromatic nitrogens is 1. The molecular weight excluding hydrogens is 532 g/mol. The molecule has 0 aliphatic carbocycles. The molecule has 2 aliphatic rings. The monoisotopic (exact) mass is 566 g/mol. The van der Waals surface area contributed by atoms with E-state index in [0.29, 0.717) is 24.1 Å². The van der Waals surface area contributed by atoms with Gasteiger partial charge in [0.1, 0.15) is 17.4 Å². The quantitative estimate of drug-likeness (QED) is 0.247. The predicted octanol–water partition coefficient (Wildman–Crippen LogP) is 4.26. The van der Waals surface area contributed by atoms with Crippen molar-refractivity contribution in [3.8, 4) is 0 Å². The average Bonchev–Trinajstić information content (AvgIpc) is 3.68. The lowest BCUT2D eigenvalue weighted by atomic mass is 10.1. The van der Waals surface area contributed by atoms with Crippen molar-refractivity contribution >= 4 is 56.9 Å². The number of ether oxygens (including phenoxy) is 1. The number of carbonyl (C=O) groups excluding carboxylic acids is 3. The zero-order valence-electron chi connectivity index (χ0n) is 22.8. The number of guanidine groups is 1. The van der Waals surface area contributed by atoms with Crippen molar-refractivity contribution in [3.05, 3.63) is 41.1 Å². The van der Waals surface area contributed by atoms with Gasteiger partial charge in [-0.1, -0.05) is 0 Å². The van der Waals surface area contributed by atoms with Crippen LogP contribution in [-0.2, 0) is 14.3 Å². The summed E-state index contributed by atoms with van der Waals surface area (Å²) >= 11 is 1.23. The molecular formula is C28H34N6O5S. The third-order valence-corrected chi connectivity index (χ3v) is 7.70. The van der Waals surface area contributed by atoms with Crippen LogP contribution in [0, 0.1) is 6.92 Å². The van der Waals surface area contributed by atoms with E-state index in [1.165, 1.54) is 11.3 Å². The molecule has 2 amide bonds. The highest BCUT2D eigenvalue weighted by Gasteiger charge is 2.30. The number of amides is 2. The molecule has 12 heteroatoms. The second-order valence-electron chi connectivity index (χ2n) is 9.95. The highest BCUT2D eigenvalue weighted by molar-refractivity contribution is 7.14. The lowest BCUT2D eigenvalue weighted by molar-refractivity contribution is -0.140. The fraction of sp³-hybridized carbons (Fsp3) is 0.464. The van der Waals surface area contributed by atoms with Crippen molar-refractivity contribution in [2.45, 2.75) is 52.0 Å². The van der Waals surface area contributed by atoms with E-state index in [4.69, 9.17) is 14.1 Å². The molecule has 1 atom stereocenters. The van der Waals surface area contributed by atoms with Crippen LogP contribution in [0.5, 0.6) is 0 Å². The molecule has 0 bridgehead atoms. The van der Waals surface area contributed by atoms with Gasteiger partial charge in [-0.3, -0.25) is 9.59 Å². The molecule has 212 valence electrons. The Balaban J connectivity index is 1.39. The molecule has 3 aromatic rings. The second-order valence-corrected chi connectivity index (χ2v) is 10.8. The zero-order chi connectivity index (χ0) is 28.1. The van der Waals surface area contributed by atoms with E-state index in [-0.39, 0.29) is 30.7 Å². The molecule has 2 N–H and O–H groups in total. The fourth-order valence-electron chi connectivity index (χ4n) is 4.96. The van der Waals surface area contributed by atoms with Gasteiger partial charge in [0.05, 0.1) is 13.2 Å². The molecule has 2 aromatic heterocycles.